The number of hydrazone groups is 1. The summed E-state index contributed by atoms with van der Waals surface area (Å²) in [5.74, 6) is -0.285. The van der Waals surface area contributed by atoms with Gasteiger partial charge in [0.25, 0.3) is 5.91 Å². The zero-order valence-electron chi connectivity index (χ0n) is 14.4. The molecule has 0 unspecified atom stereocenters. The summed E-state index contributed by atoms with van der Waals surface area (Å²) in [4.78, 5) is 14.4. The summed E-state index contributed by atoms with van der Waals surface area (Å²) in [6.07, 6.45) is 1.63. The minimum absolute atomic E-state index is 0.0803. The summed E-state index contributed by atoms with van der Waals surface area (Å²) in [5, 5.41) is 13.7. The van der Waals surface area contributed by atoms with E-state index in [1.807, 2.05) is 35.6 Å². The lowest BCUT2D eigenvalue weighted by Crippen LogP contribution is -2.36. The molecule has 0 aliphatic carbocycles. The third-order valence-corrected chi connectivity index (χ3v) is 5.12. The first-order valence-corrected chi connectivity index (χ1v) is 9.38. The normalized spacial score (nSPS) is 14.6. The second-order valence-corrected chi connectivity index (χ2v) is 7.17. The Balaban J connectivity index is 1.64. The van der Waals surface area contributed by atoms with E-state index >= 15 is 0 Å². The van der Waals surface area contributed by atoms with Gasteiger partial charge in [-0.2, -0.15) is 5.10 Å². The SMILES string of the molecule is Cc1cc(N2CCOCC2)ccc1/C=N\NC(=O)c1ccc(I)c(O)c1. The number of ether oxygens (including phenoxy) is 1. The number of phenols is 1. The van der Waals surface area contributed by atoms with Gasteiger partial charge in [0, 0.05) is 24.3 Å². The second kappa shape index (κ2) is 8.50. The number of aromatic hydroxyl groups is 1. The highest BCUT2D eigenvalue weighted by Gasteiger charge is 2.12. The number of nitrogens with one attached hydrogen (secondary N) is 1. The number of carbonyl (C=O) groups excluding carboxylic acids is 1. The average molecular weight is 465 g/mol. The lowest BCUT2D eigenvalue weighted by atomic mass is 10.1. The van der Waals surface area contributed by atoms with Crippen LogP contribution in [0.1, 0.15) is 21.5 Å². The fourth-order valence-electron chi connectivity index (χ4n) is 2.70. The van der Waals surface area contributed by atoms with Crippen LogP contribution >= 0.6 is 22.6 Å². The molecule has 7 heteroatoms. The van der Waals surface area contributed by atoms with E-state index in [0.29, 0.717) is 9.13 Å². The number of anilines is 1. The highest BCUT2D eigenvalue weighted by atomic mass is 127. The number of hydrogen-bond donors (Lipinski definition) is 2. The van der Waals surface area contributed by atoms with Gasteiger partial charge in [-0.3, -0.25) is 4.79 Å². The fraction of sp³-hybridized carbons (Fsp3) is 0.263. The highest BCUT2D eigenvalue weighted by molar-refractivity contribution is 14.1. The van der Waals surface area contributed by atoms with E-state index in [9.17, 15) is 9.90 Å². The van der Waals surface area contributed by atoms with Crippen LogP contribution in [0.5, 0.6) is 5.75 Å². The van der Waals surface area contributed by atoms with Crippen LogP contribution in [0, 0.1) is 10.5 Å². The number of phenolic OH excluding ortho intramolecular Hbond substituents is 1. The number of hydrogen-bond acceptors (Lipinski definition) is 5. The fourth-order valence-corrected chi connectivity index (χ4v) is 3.04. The van der Waals surface area contributed by atoms with E-state index in [2.05, 4.69) is 27.6 Å². The van der Waals surface area contributed by atoms with Crippen LogP contribution in [0.15, 0.2) is 41.5 Å². The van der Waals surface area contributed by atoms with Crippen molar-refractivity contribution in [2.24, 2.45) is 5.10 Å². The van der Waals surface area contributed by atoms with Gasteiger partial charge in [-0.05, 0) is 71.0 Å². The third-order valence-electron chi connectivity index (χ3n) is 4.21. The zero-order chi connectivity index (χ0) is 18.5. The van der Waals surface area contributed by atoms with Gasteiger partial charge in [-0.1, -0.05) is 6.07 Å². The minimum atomic E-state index is -0.365. The molecule has 2 aromatic carbocycles. The van der Waals surface area contributed by atoms with Gasteiger partial charge in [-0.25, -0.2) is 5.43 Å². The van der Waals surface area contributed by atoms with Crippen molar-refractivity contribution in [3.8, 4) is 5.75 Å². The second-order valence-electron chi connectivity index (χ2n) is 6.01. The first-order valence-electron chi connectivity index (χ1n) is 8.30. The molecule has 26 heavy (non-hydrogen) atoms. The van der Waals surface area contributed by atoms with Crippen molar-refractivity contribution >= 4 is 40.4 Å². The average Bonchev–Trinajstić information content (AvgIpc) is 2.66. The van der Waals surface area contributed by atoms with Gasteiger partial charge < -0.3 is 14.7 Å². The van der Waals surface area contributed by atoms with Crippen LogP contribution in [0.3, 0.4) is 0 Å². The van der Waals surface area contributed by atoms with Crippen molar-refractivity contribution in [1.82, 2.24) is 5.43 Å². The number of benzene rings is 2. The summed E-state index contributed by atoms with van der Waals surface area (Å²) >= 11 is 2.00. The third kappa shape index (κ3) is 4.53. The van der Waals surface area contributed by atoms with Gasteiger partial charge in [-0.15, -0.1) is 0 Å². The Morgan fingerprint density at radius 2 is 2.04 bits per heavy atom. The van der Waals surface area contributed by atoms with E-state index in [0.717, 1.165) is 37.4 Å². The molecule has 1 fully saturated rings. The summed E-state index contributed by atoms with van der Waals surface area (Å²) < 4.78 is 6.08. The van der Waals surface area contributed by atoms with E-state index < -0.39 is 0 Å². The molecule has 0 radical (unpaired) electrons. The maximum atomic E-state index is 12.1. The van der Waals surface area contributed by atoms with Crippen molar-refractivity contribution in [2.75, 3.05) is 31.2 Å². The number of rotatable bonds is 4. The molecular weight excluding hydrogens is 445 g/mol. The maximum absolute atomic E-state index is 12.1. The molecule has 1 aliphatic rings. The lowest BCUT2D eigenvalue weighted by molar-refractivity contribution is 0.0954. The van der Waals surface area contributed by atoms with Crippen molar-refractivity contribution in [1.29, 1.82) is 0 Å². The molecule has 0 spiro atoms. The van der Waals surface area contributed by atoms with Gasteiger partial charge in [0.2, 0.25) is 0 Å². The van der Waals surface area contributed by atoms with Crippen LogP contribution < -0.4 is 10.3 Å². The first-order chi connectivity index (χ1) is 12.5. The van der Waals surface area contributed by atoms with Crippen molar-refractivity contribution < 1.29 is 14.6 Å². The number of amides is 1. The molecule has 0 bridgehead atoms. The Labute approximate surface area is 166 Å². The van der Waals surface area contributed by atoms with Crippen LogP contribution in [-0.2, 0) is 4.74 Å². The van der Waals surface area contributed by atoms with Gasteiger partial charge in [0.15, 0.2) is 0 Å². The monoisotopic (exact) mass is 465 g/mol. The van der Waals surface area contributed by atoms with Gasteiger partial charge >= 0.3 is 0 Å². The molecule has 0 saturated carbocycles. The van der Waals surface area contributed by atoms with E-state index in [1.165, 1.54) is 11.8 Å². The molecule has 0 aromatic heterocycles. The summed E-state index contributed by atoms with van der Waals surface area (Å²) in [6.45, 7) is 5.31. The molecule has 136 valence electrons. The van der Waals surface area contributed by atoms with Crippen LogP contribution in [0.4, 0.5) is 5.69 Å². The minimum Gasteiger partial charge on any atom is -0.507 e. The number of aryl methyl sites for hydroxylation is 1. The van der Waals surface area contributed by atoms with Crippen LogP contribution in [0.25, 0.3) is 0 Å². The van der Waals surface area contributed by atoms with E-state index in [1.54, 1.807) is 18.3 Å². The maximum Gasteiger partial charge on any atom is 0.271 e. The molecule has 0 atom stereocenters. The summed E-state index contributed by atoms with van der Waals surface area (Å²) in [6, 6.07) is 10.9. The standard InChI is InChI=1S/C19H20IN3O3/c1-13-10-16(23-6-8-26-9-7-23)4-2-15(13)12-21-22-19(25)14-3-5-17(20)18(24)11-14/h2-5,10-12,24H,6-9H2,1H3,(H,22,25)/b21-12-. The molecular formula is C19H20IN3O3. The van der Waals surface area contributed by atoms with Crippen molar-refractivity contribution in [3.63, 3.8) is 0 Å². The first kappa shape index (κ1) is 18.7. The predicted molar refractivity (Wildman–Crippen MR) is 110 cm³/mol. The van der Waals surface area contributed by atoms with E-state index in [4.69, 9.17) is 4.74 Å². The quantitative estimate of drug-likeness (QED) is 0.414. The molecule has 6 nitrogen and oxygen atoms in total. The highest BCUT2D eigenvalue weighted by Crippen LogP contribution is 2.21. The zero-order valence-corrected chi connectivity index (χ0v) is 16.6. The molecule has 3 rings (SSSR count). The smallest absolute Gasteiger partial charge is 0.271 e. The summed E-state index contributed by atoms with van der Waals surface area (Å²) in [5.41, 5.74) is 6.04. The van der Waals surface area contributed by atoms with Crippen molar-refractivity contribution in [2.45, 2.75) is 6.92 Å². The van der Waals surface area contributed by atoms with Crippen LogP contribution in [-0.4, -0.2) is 43.5 Å². The van der Waals surface area contributed by atoms with Gasteiger partial charge in [0.05, 0.1) is 23.0 Å². The molecule has 2 N–H and O–H groups in total. The van der Waals surface area contributed by atoms with Gasteiger partial charge in [0.1, 0.15) is 5.75 Å². The predicted octanol–water partition coefficient (Wildman–Crippen LogP) is 2.91. The molecule has 1 heterocycles. The largest absolute Gasteiger partial charge is 0.507 e. The Bertz CT molecular complexity index is 833. The summed E-state index contributed by atoms with van der Waals surface area (Å²) in [7, 11) is 0. The molecule has 1 amide bonds. The number of carbonyl (C=O) groups is 1. The van der Waals surface area contributed by atoms with E-state index in [-0.39, 0.29) is 11.7 Å². The Kier molecular flexibility index (Phi) is 6.10. The number of morpholine rings is 1. The van der Waals surface area contributed by atoms with Crippen molar-refractivity contribution in [3.05, 3.63) is 56.7 Å². The molecule has 1 aliphatic heterocycles. The Morgan fingerprint density at radius 1 is 1.27 bits per heavy atom. The topological polar surface area (TPSA) is 74.2 Å². The molecule has 1 saturated heterocycles. The Hall–Kier alpha value is -2.13. The van der Waals surface area contributed by atoms with Crippen LogP contribution in [0.2, 0.25) is 0 Å². The Morgan fingerprint density at radius 3 is 2.73 bits per heavy atom. The lowest BCUT2D eigenvalue weighted by Gasteiger charge is -2.29. The molecule has 2 aromatic rings. The number of halogens is 1. The number of nitrogens with zero attached hydrogens (tertiary/aromatic N) is 2.